The van der Waals surface area contributed by atoms with E-state index in [9.17, 15) is 0 Å². The second-order valence-corrected chi connectivity index (χ2v) is 5.88. The molecule has 0 bridgehead atoms. The largest absolute Gasteiger partial charge is 0.374 e. The van der Waals surface area contributed by atoms with Crippen LogP contribution in [-0.2, 0) is 18.2 Å². The summed E-state index contributed by atoms with van der Waals surface area (Å²) in [7, 11) is 4.02. The van der Waals surface area contributed by atoms with Crippen LogP contribution in [-0.4, -0.2) is 60.1 Å². The molecule has 0 radical (unpaired) electrons. The molecule has 0 spiro atoms. The van der Waals surface area contributed by atoms with E-state index in [4.69, 9.17) is 16.3 Å². The topological polar surface area (TPSA) is 42.3 Å². The Morgan fingerprint density at radius 2 is 2.25 bits per heavy atom. The van der Waals surface area contributed by atoms with Crippen molar-refractivity contribution in [2.75, 3.05) is 33.3 Å². The summed E-state index contributed by atoms with van der Waals surface area (Å²) >= 11 is 6.35. The van der Waals surface area contributed by atoms with Crippen molar-refractivity contribution in [1.82, 2.24) is 20.0 Å². The number of halogens is 1. The maximum atomic E-state index is 6.35. The maximum absolute atomic E-state index is 6.35. The van der Waals surface area contributed by atoms with Crippen LogP contribution in [0.3, 0.4) is 0 Å². The Morgan fingerprint density at radius 1 is 1.50 bits per heavy atom. The van der Waals surface area contributed by atoms with Crippen molar-refractivity contribution in [3.63, 3.8) is 0 Å². The quantitative estimate of drug-likeness (QED) is 0.888. The lowest BCUT2D eigenvalue weighted by Gasteiger charge is -2.35. The fraction of sp³-hybridized carbons (Fsp3) is 0.786. The van der Waals surface area contributed by atoms with Gasteiger partial charge in [0.1, 0.15) is 5.15 Å². The second-order valence-electron chi connectivity index (χ2n) is 5.52. The lowest BCUT2D eigenvalue weighted by molar-refractivity contribution is -0.0381. The highest BCUT2D eigenvalue weighted by Gasteiger charge is 2.28. The summed E-state index contributed by atoms with van der Waals surface area (Å²) in [6.45, 7) is 7.81. The first-order valence-corrected chi connectivity index (χ1v) is 7.62. The van der Waals surface area contributed by atoms with Gasteiger partial charge >= 0.3 is 0 Å². The zero-order valence-corrected chi connectivity index (χ0v) is 13.6. The summed E-state index contributed by atoms with van der Waals surface area (Å²) in [5.41, 5.74) is 2.13. The molecule has 6 heteroatoms. The zero-order chi connectivity index (χ0) is 14.7. The van der Waals surface area contributed by atoms with Crippen molar-refractivity contribution in [1.29, 1.82) is 0 Å². The fourth-order valence-corrected chi connectivity index (χ4v) is 3.03. The summed E-state index contributed by atoms with van der Waals surface area (Å²) in [6.07, 6.45) is 1.05. The molecule has 5 nitrogen and oxygen atoms in total. The van der Waals surface area contributed by atoms with Crippen LogP contribution < -0.4 is 5.32 Å². The molecule has 1 fully saturated rings. The molecule has 1 saturated heterocycles. The van der Waals surface area contributed by atoms with Gasteiger partial charge in [0.05, 0.1) is 18.4 Å². The Hall–Kier alpha value is -0.620. The standard InChI is InChI=1S/C14H25ClN4O/c1-5-16-12(13-9-18(3)6-7-20-13)8-11-10(2)17-19(4)14(11)15/h12-13,16H,5-9H2,1-4H3. The molecule has 0 aromatic carbocycles. The third kappa shape index (κ3) is 3.52. The predicted octanol–water partition coefficient (Wildman–Crippen LogP) is 1.23. The molecule has 0 aliphatic carbocycles. The normalized spacial score (nSPS) is 22.1. The van der Waals surface area contributed by atoms with Crippen LogP contribution >= 0.6 is 11.6 Å². The molecule has 1 aliphatic heterocycles. The Bertz CT molecular complexity index is 449. The van der Waals surface area contributed by atoms with Crippen molar-refractivity contribution >= 4 is 11.6 Å². The lowest BCUT2D eigenvalue weighted by Crippen LogP contribution is -2.52. The Morgan fingerprint density at radius 3 is 2.80 bits per heavy atom. The molecule has 2 rings (SSSR count). The van der Waals surface area contributed by atoms with Crippen molar-refractivity contribution in [2.45, 2.75) is 32.4 Å². The molecular formula is C14H25ClN4O. The highest BCUT2D eigenvalue weighted by atomic mass is 35.5. The van der Waals surface area contributed by atoms with E-state index >= 15 is 0 Å². The van der Waals surface area contributed by atoms with E-state index in [1.54, 1.807) is 4.68 Å². The molecule has 2 heterocycles. The van der Waals surface area contributed by atoms with E-state index < -0.39 is 0 Å². The van der Waals surface area contributed by atoms with Crippen molar-refractivity contribution in [2.24, 2.45) is 7.05 Å². The van der Waals surface area contributed by atoms with Gasteiger partial charge in [-0.1, -0.05) is 18.5 Å². The van der Waals surface area contributed by atoms with Crippen molar-refractivity contribution < 1.29 is 4.74 Å². The molecule has 1 aromatic heterocycles. The number of likely N-dealkylation sites (N-methyl/N-ethyl adjacent to an activating group) is 2. The fourth-order valence-electron chi connectivity index (χ4n) is 2.78. The first-order valence-electron chi connectivity index (χ1n) is 7.24. The van der Waals surface area contributed by atoms with Crippen molar-refractivity contribution in [3.05, 3.63) is 16.4 Å². The van der Waals surface area contributed by atoms with Gasteiger partial charge in [-0.15, -0.1) is 0 Å². The van der Waals surface area contributed by atoms with Crippen LogP contribution in [0.1, 0.15) is 18.2 Å². The number of nitrogens with zero attached hydrogens (tertiary/aromatic N) is 3. The predicted molar refractivity (Wildman–Crippen MR) is 81.4 cm³/mol. The minimum absolute atomic E-state index is 0.198. The molecular weight excluding hydrogens is 276 g/mol. The number of aryl methyl sites for hydroxylation is 2. The third-order valence-electron chi connectivity index (χ3n) is 3.91. The first-order chi connectivity index (χ1) is 9.52. The minimum atomic E-state index is 0.198. The number of aromatic nitrogens is 2. The van der Waals surface area contributed by atoms with Gasteiger partial charge in [0.25, 0.3) is 0 Å². The van der Waals surface area contributed by atoms with Crippen LogP contribution in [0.4, 0.5) is 0 Å². The van der Waals surface area contributed by atoms with E-state index in [2.05, 4.69) is 29.3 Å². The first kappa shape index (κ1) is 15.8. The summed E-state index contributed by atoms with van der Waals surface area (Å²) in [6, 6.07) is 0.267. The lowest BCUT2D eigenvalue weighted by atomic mass is 10.0. The highest BCUT2D eigenvalue weighted by molar-refractivity contribution is 6.30. The van der Waals surface area contributed by atoms with E-state index in [-0.39, 0.29) is 12.1 Å². The Kier molecular flexibility index (Phi) is 5.43. The highest BCUT2D eigenvalue weighted by Crippen LogP contribution is 2.22. The average molecular weight is 301 g/mol. The van der Waals surface area contributed by atoms with E-state index in [1.807, 2.05) is 14.0 Å². The van der Waals surface area contributed by atoms with Gasteiger partial charge in [-0.05, 0) is 26.9 Å². The van der Waals surface area contributed by atoms with Crippen LogP contribution in [0.15, 0.2) is 0 Å². The SMILES string of the molecule is CCNC(Cc1c(C)nn(C)c1Cl)C1CN(C)CCO1. The molecule has 0 saturated carbocycles. The molecule has 1 aliphatic rings. The van der Waals surface area contributed by atoms with E-state index in [0.29, 0.717) is 0 Å². The summed E-state index contributed by atoms with van der Waals surface area (Å²) in [5, 5.41) is 8.66. The zero-order valence-electron chi connectivity index (χ0n) is 12.8. The van der Waals surface area contributed by atoms with Crippen LogP contribution in [0.25, 0.3) is 0 Å². The number of morpholine rings is 1. The molecule has 114 valence electrons. The summed E-state index contributed by atoms with van der Waals surface area (Å²) in [4.78, 5) is 2.32. The molecule has 1 N–H and O–H groups in total. The number of ether oxygens (including phenoxy) is 1. The smallest absolute Gasteiger partial charge is 0.130 e. The molecule has 0 amide bonds. The molecule has 2 unspecified atom stereocenters. The number of hydrogen-bond acceptors (Lipinski definition) is 4. The Labute approximate surface area is 126 Å². The average Bonchev–Trinajstić information content (AvgIpc) is 2.64. The maximum Gasteiger partial charge on any atom is 0.130 e. The molecule has 2 atom stereocenters. The van der Waals surface area contributed by atoms with Gasteiger partial charge in [-0.25, -0.2) is 0 Å². The third-order valence-corrected chi connectivity index (χ3v) is 4.38. The van der Waals surface area contributed by atoms with Gasteiger partial charge in [0.2, 0.25) is 0 Å². The monoisotopic (exact) mass is 300 g/mol. The van der Waals surface area contributed by atoms with E-state index in [0.717, 1.165) is 49.1 Å². The molecule has 20 heavy (non-hydrogen) atoms. The summed E-state index contributed by atoms with van der Waals surface area (Å²) < 4.78 is 7.69. The van der Waals surface area contributed by atoms with Crippen LogP contribution in [0.5, 0.6) is 0 Å². The minimum Gasteiger partial charge on any atom is -0.374 e. The number of nitrogens with one attached hydrogen (secondary N) is 1. The van der Waals surface area contributed by atoms with Crippen LogP contribution in [0.2, 0.25) is 5.15 Å². The van der Waals surface area contributed by atoms with Gasteiger partial charge in [0.15, 0.2) is 0 Å². The summed E-state index contributed by atoms with van der Waals surface area (Å²) in [5.74, 6) is 0. The van der Waals surface area contributed by atoms with E-state index in [1.165, 1.54) is 0 Å². The van der Waals surface area contributed by atoms with Gasteiger partial charge in [-0.2, -0.15) is 5.10 Å². The number of rotatable bonds is 5. The van der Waals surface area contributed by atoms with Gasteiger partial charge in [0, 0.05) is 31.7 Å². The van der Waals surface area contributed by atoms with Gasteiger partial charge < -0.3 is 15.0 Å². The van der Waals surface area contributed by atoms with Crippen LogP contribution in [0, 0.1) is 6.92 Å². The number of hydrogen-bond donors (Lipinski definition) is 1. The van der Waals surface area contributed by atoms with Crippen molar-refractivity contribution in [3.8, 4) is 0 Å². The second kappa shape index (κ2) is 6.89. The Balaban J connectivity index is 2.12. The molecule has 1 aromatic rings. The van der Waals surface area contributed by atoms with Gasteiger partial charge in [-0.3, -0.25) is 4.68 Å².